The molecule has 1 aliphatic rings. The molecule has 1 saturated heterocycles. The molecule has 106 valence electrons. The average molecular weight is 284 g/mol. The van der Waals surface area contributed by atoms with Crippen molar-refractivity contribution in [3.05, 3.63) is 47.7 Å². The highest BCUT2D eigenvalue weighted by Crippen LogP contribution is 2.38. The van der Waals surface area contributed by atoms with Crippen LogP contribution in [0.3, 0.4) is 0 Å². The Morgan fingerprint density at radius 1 is 0.950 bits per heavy atom. The van der Waals surface area contributed by atoms with E-state index in [2.05, 4.69) is 0 Å². The molecule has 0 unspecified atom stereocenters. The third kappa shape index (κ3) is 2.44. The van der Waals surface area contributed by atoms with E-state index < -0.39 is 18.0 Å². The topological polar surface area (TPSA) is 31.6 Å². The molecule has 6 heteroatoms. The molecule has 1 aromatic heterocycles. The van der Waals surface area contributed by atoms with Crippen LogP contribution in [0.5, 0.6) is 0 Å². The lowest BCUT2D eigenvalue weighted by molar-refractivity contribution is -0.137. The number of alkyl halides is 3. The van der Waals surface area contributed by atoms with Crippen LogP contribution in [-0.4, -0.2) is 13.2 Å². The highest BCUT2D eigenvalue weighted by atomic mass is 19.4. The van der Waals surface area contributed by atoms with E-state index in [1.807, 2.05) is 0 Å². The number of rotatable bonds is 2. The van der Waals surface area contributed by atoms with Crippen molar-refractivity contribution >= 4 is 0 Å². The maximum absolute atomic E-state index is 13.0. The van der Waals surface area contributed by atoms with Gasteiger partial charge in [0.1, 0.15) is 5.76 Å². The van der Waals surface area contributed by atoms with Crippen molar-refractivity contribution in [2.75, 3.05) is 13.2 Å². The van der Waals surface area contributed by atoms with Crippen LogP contribution < -0.4 is 0 Å². The van der Waals surface area contributed by atoms with Crippen molar-refractivity contribution in [3.8, 4) is 11.3 Å². The Hall–Kier alpha value is -1.79. The van der Waals surface area contributed by atoms with Crippen LogP contribution in [0, 0.1) is 0 Å². The SMILES string of the molecule is FC(F)(F)c1ccccc1-c1ccc(C2OCCO2)o1. The van der Waals surface area contributed by atoms with Crippen molar-refractivity contribution in [1.29, 1.82) is 0 Å². The predicted molar refractivity (Wildman–Crippen MR) is 63.8 cm³/mol. The van der Waals surface area contributed by atoms with Crippen LogP contribution in [0.25, 0.3) is 11.3 Å². The predicted octanol–water partition coefficient (Wildman–Crippen LogP) is 4.01. The fourth-order valence-electron chi connectivity index (χ4n) is 2.09. The summed E-state index contributed by atoms with van der Waals surface area (Å²) in [5.74, 6) is 0.515. The number of hydrogen-bond acceptors (Lipinski definition) is 3. The van der Waals surface area contributed by atoms with Crippen LogP contribution in [0.4, 0.5) is 13.2 Å². The molecule has 0 radical (unpaired) electrons. The normalized spacial score (nSPS) is 16.8. The lowest BCUT2D eigenvalue weighted by atomic mass is 10.1. The maximum atomic E-state index is 13.0. The monoisotopic (exact) mass is 284 g/mol. The lowest BCUT2D eigenvalue weighted by Crippen LogP contribution is -2.06. The number of halogens is 3. The quantitative estimate of drug-likeness (QED) is 0.835. The summed E-state index contributed by atoms with van der Waals surface area (Å²) in [5.41, 5.74) is -0.724. The van der Waals surface area contributed by atoms with E-state index in [4.69, 9.17) is 13.9 Å². The zero-order valence-corrected chi connectivity index (χ0v) is 10.3. The molecule has 3 nitrogen and oxygen atoms in total. The maximum Gasteiger partial charge on any atom is 0.417 e. The summed E-state index contributed by atoms with van der Waals surface area (Å²) >= 11 is 0. The Balaban J connectivity index is 1.97. The molecule has 2 aromatic rings. The molecule has 1 aliphatic heterocycles. The number of furan rings is 1. The lowest BCUT2D eigenvalue weighted by Gasteiger charge is -2.11. The van der Waals surface area contributed by atoms with Gasteiger partial charge in [-0.2, -0.15) is 13.2 Å². The molecule has 20 heavy (non-hydrogen) atoms. The van der Waals surface area contributed by atoms with Gasteiger partial charge in [0.25, 0.3) is 0 Å². The Bertz CT molecular complexity index is 598. The van der Waals surface area contributed by atoms with Gasteiger partial charge in [0, 0.05) is 5.56 Å². The van der Waals surface area contributed by atoms with Gasteiger partial charge in [-0.25, -0.2) is 0 Å². The molecular formula is C14H11F3O3. The third-order valence-corrected chi connectivity index (χ3v) is 2.98. The van der Waals surface area contributed by atoms with Gasteiger partial charge in [-0.05, 0) is 18.2 Å². The molecule has 2 heterocycles. The zero-order valence-electron chi connectivity index (χ0n) is 10.3. The third-order valence-electron chi connectivity index (χ3n) is 2.98. The van der Waals surface area contributed by atoms with Gasteiger partial charge in [-0.15, -0.1) is 0 Å². The van der Waals surface area contributed by atoms with Crippen LogP contribution in [0.1, 0.15) is 17.6 Å². The minimum Gasteiger partial charge on any atom is -0.456 e. The van der Waals surface area contributed by atoms with E-state index in [0.717, 1.165) is 6.07 Å². The van der Waals surface area contributed by atoms with Gasteiger partial charge in [0.15, 0.2) is 5.76 Å². The van der Waals surface area contributed by atoms with E-state index in [0.29, 0.717) is 19.0 Å². The second-order valence-corrected chi connectivity index (χ2v) is 4.32. The molecule has 0 atom stereocenters. The molecule has 0 spiro atoms. The van der Waals surface area contributed by atoms with Crippen molar-refractivity contribution in [3.63, 3.8) is 0 Å². The summed E-state index contributed by atoms with van der Waals surface area (Å²) in [5, 5.41) is 0. The number of benzene rings is 1. The van der Waals surface area contributed by atoms with Gasteiger partial charge in [-0.1, -0.05) is 18.2 Å². The van der Waals surface area contributed by atoms with E-state index in [1.54, 1.807) is 6.07 Å². The minimum atomic E-state index is -4.43. The molecule has 0 amide bonds. The van der Waals surface area contributed by atoms with Gasteiger partial charge in [0.05, 0.1) is 18.8 Å². The largest absolute Gasteiger partial charge is 0.456 e. The molecular weight excluding hydrogens is 273 g/mol. The molecule has 0 aliphatic carbocycles. The summed E-state index contributed by atoms with van der Waals surface area (Å²) in [7, 11) is 0. The second-order valence-electron chi connectivity index (χ2n) is 4.32. The first kappa shape index (κ1) is 13.2. The first-order valence-electron chi connectivity index (χ1n) is 6.05. The summed E-state index contributed by atoms with van der Waals surface area (Å²) in [4.78, 5) is 0. The first-order valence-corrected chi connectivity index (χ1v) is 6.05. The zero-order chi connectivity index (χ0) is 14.2. The summed E-state index contributed by atoms with van der Waals surface area (Å²) < 4.78 is 54.8. The fraction of sp³-hybridized carbons (Fsp3) is 0.286. The smallest absolute Gasteiger partial charge is 0.417 e. The number of ether oxygens (including phenoxy) is 2. The van der Waals surface area contributed by atoms with Gasteiger partial charge >= 0.3 is 6.18 Å². The van der Waals surface area contributed by atoms with Crippen molar-refractivity contribution < 1.29 is 27.1 Å². The van der Waals surface area contributed by atoms with Gasteiger partial charge in [0.2, 0.25) is 6.29 Å². The van der Waals surface area contributed by atoms with Crippen molar-refractivity contribution in [2.24, 2.45) is 0 Å². The Morgan fingerprint density at radius 2 is 1.65 bits per heavy atom. The Morgan fingerprint density at radius 3 is 2.35 bits per heavy atom. The van der Waals surface area contributed by atoms with Crippen molar-refractivity contribution in [1.82, 2.24) is 0 Å². The second kappa shape index (κ2) is 4.96. The van der Waals surface area contributed by atoms with E-state index in [1.165, 1.54) is 24.3 Å². The van der Waals surface area contributed by atoms with Gasteiger partial charge in [-0.3, -0.25) is 0 Å². The molecule has 0 N–H and O–H groups in total. The summed E-state index contributed by atoms with van der Waals surface area (Å²) in [6.45, 7) is 0.889. The molecule has 1 aromatic carbocycles. The first-order chi connectivity index (χ1) is 9.55. The van der Waals surface area contributed by atoms with Crippen LogP contribution in [0.15, 0.2) is 40.8 Å². The molecule has 0 saturated carbocycles. The summed E-state index contributed by atoms with van der Waals surface area (Å²) in [6, 6.07) is 8.35. The summed E-state index contributed by atoms with van der Waals surface area (Å²) in [6.07, 6.45) is -5.06. The number of hydrogen-bond donors (Lipinski definition) is 0. The van der Waals surface area contributed by atoms with E-state index in [9.17, 15) is 13.2 Å². The average Bonchev–Trinajstić information content (AvgIpc) is 3.09. The highest BCUT2D eigenvalue weighted by Gasteiger charge is 2.34. The standard InChI is InChI=1S/C14H11F3O3/c15-14(16,17)10-4-2-1-3-9(10)11-5-6-12(20-11)13-18-7-8-19-13/h1-6,13H,7-8H2. The van der Waals surface area contributed by atoms with Crippen LogP contribution in [0.2, 0.25) is 0 Å². The highest BCUT2D eigenvalue weighted by molar-refractivity contribution is 5.63. The Kier molecular flexibility index (Phi) is 3.27. The van der Waals surface area contributed by atoms with Crippen LogP contribution in [-0.2, 0) is 15.7 Å². The fourth-order valence-corrected chi connectivity index (χ4v) is 2.09. The van der Waals surface area contributed by atoms with Gasteiger partial charge < -0.3 is 13.9 Å². The molecule has 3 rings (SSSR count). The minimum absolute atomic E-state index is 0.00393. The van der Waals surface area contributed by atoms with Crippen molar-refractivity contribution in [2.45, 2.75) is 12.5 Å². The van der Waals surface area contributed by atoms with E-state index in [-0.39, 0.29) is 11.3 Å². The van der Waals surface area contributed by atoms with Crippen LogP contribution >= 0.6 is 0 Å². The van der Waals surface area contributed by atoms with E-state index >= 15 is 0 Å². The molecule has 0 bridgehead atoms. The molecule has 1 fully saturated rings. The Labute approximate surface area is 112 Å².